The highest BCUT2D eigenvalue weighted by atomic mass is 32.1. The van der Waals surface area contributed by atoms with E-state index < -0.39 is 18.1 Å². The van der Waals surface area contributed by atoms with Gasteiger partial charge in [0.2, 0.25) is 0 Å². The van der Waals surface area contributed by atoms with Crippen molar-refractivity contribution in [3.8, 4) is 0 Å². The average molecular weight is 294 g/mol. The Morgan fingerprint density at radius 2 is 1.74 bits per heavy atom. The molecule has 1 unspecified atom stereocenters. The maximum absolute atomic E-state index is 13.6. The van der Waals surface area contributed by atoms with Crippen LogP contribution in [0, 0.1) is 0 Å². The highest BCUT2D eigenvalue weighted by Gasteiger charge is 2.45. The van der Waals surface area contributed by atoms with Gasteiger partial charge in [0, 0.05) is 15.3 Å². The molecule has 2 atom stereocenters. The number of aliphatic hydroxyl groups is 1. The van der Waals surface area contributed by atoms with Crippen molar-refractivity contribution in [2.45, 2.75) is 31.8 Å². The van der Waals surface area contributed by atoms with E-state index in [0.29, 0.717) is 0 Å². The largest absolute Gasteiger partial charge is 0.379 e. The van der Waals surface area contributed by atoms with Crippen molar-refractivity contribution in [1.29, 1.82) is 0 Å². The van der Waals surface area contributed by atoms with Gasteiger partial charge in [0.05, 0.1) is 0 Å². The van der Waals surface area contributed by atoms with Crippen LogP contribution in [0.2, 0.25) is 0 Å². The van der Waals surface area contributed by atoms with Crippen LogP contribution in [-0.4, -0.2) is 10.3 Å². The maximum atomic E-state index is 13.6. The summed E-state index contributed by atoms with van der Waals surface area (Å²) in [4.78, 5) is 0.766. The van der Waals surface area contributed by atoms with Gasteiger partial charge < -0.3 is 9.67 Å². The Bertz CT molecular complexity index is 570. The normalized spacial score (nSPS) is 16.8. The molecule has 1 N–H and O–H groups in total. The predicted molar refractivity (Wildman–Crippen MR) is 82.7 cm³/mol. The van der Waals surface area contributed by atoms with Crippen molar-refractivity contribution in [2.75, 3.05) is 0 Å². The second-order valence-corrected chi connectivity index (χ2v) is 10.2. The van der Waals surface area contributed by atoms with Crippen molar-refractivity contribution in [1.82, 2.24) is 0 Å². The summed E-state index contributed by atoms with van der Waals surface area (Å²) in [5, 5.41) is 12.8. The topological polar surface area (TPSA) is 37.3 Å². The quantitative estimate of drug-likeness (QED) is 0.860. The lowest BCUT2D eigenvalue weighted by Crippen LogP contribution is -2.27. The first-order valence-corrected chi connectivity index (χ1v) is 8.90. The number of hydrogen-bond acceptors (Lipinski definition) is 3. The van der Waals surface area contributed by atoms with Crippen LogP contribution in [0.25, 0.3) is 0 Å². The van der Waals surface area contributed by atoms with Gasteiger partial charge in [-0.25, -0.2) is 0 Å². The molecule has 0 aliphatic heterocycles. The first kappa shape index (κ1) is 14.5. The molecule has 102 valence electrons. The van der Waals surface area contributed by atoms with E-state index in [1.165, 1.54) is 11.3 Å². The van der Waals surface area contributed by atoms with Crippen LogP contribution in [0.15, 0.2) is 47.8 Å². The van der Waals surface area contributed by atoms with E-state index in [2.05, 4.69) is 0 Å². The number of rotatable bonds is 3. The Morgan fingerprint density at radius 3 is 2.21 bits per heavy atom. The number of aliphatic hydroxyl groups excluding tert-OH is 1. The van der Waals surface area contributed by atoms with Crippen LogP contribution in [0.4, 0.5) is 0 Å². The third kappa shape index (κ3) is 2.55. The smallest absolute Gasteiger partial charge is 0.152 e. The van der Waals surface area contributed by atoms with Gasteiger partial charge in [-0.3, -0.25) is 0 Å². The Labute approximate surface area is 118 Å². The number of hydrogen-bond donors (Lipinski definition) is 1. The molecule has 0 saturated heterocycles. The standard InChI is InChI=1S/C15H19O2PS/c1-15(2,3)18(17,12-8-5-4-6-9-12)14(16)13-10-7-11-19-13/h4-11,14,16H,1-3H3/t14?,18-/m0/s1. The fraction of sp³-hybridized carbons (Fsp3) is 0.333. The van der Waals surface area contributed by atoms with E-state index in [-0.39, 0.29) is 0 Å². The molecule has 0 spiro atoms. The van der Waals surface area contributed by atoms with Gasteiger partial charge in [-0.2, -0.15) is 0 Å². The average Bonchev–Trinajstić information content (AvgIpc) is 2.90. The molecule has 0 fully saturated rings. The lowest BCUT2D eigenvalue weighted by Gasteiger charge is -2.35. The fourth-order valence-electron chi connectivity index (χ4n) is 2.16. The Morgan fingerprint density at radius 1 is 1.11 bits per heavy atom. The molecule has 0 radical (unpaired) electrons. The zero-order valence-electron chi connectivity index (χ0n) is 11.4. The van der Waals surface area contributed by atoms with Gasteiger partial charge in [-0.1, -0.05) is 57.2 Å². The summed E-state index contributed by atoms with van der Waals surface area (Å²) in [6.45, 7) is 5.78. The van der Waals surface area contributed by atoms with E-state index in [1.54, 1.807) is 0 Å². The van der Waals surface area contributed by atoms with Crippen molar-refractivity contribution >= 4 is 23.8 Å². The molecule has 1 aromatic heterocycles. The third-order valence-electron chi connectivity index (χ3n) is 3.28. The molecule has 1 aromatic carbocycles. The summed E-state index contributed by atoms with van der Waals surface area (Å²) in [7, 11) is -2.97. The Balaban J connectivity index is 2.57. The van der Waals surface area contributed by atoms with E-state index in [1.807, 2.05) is 68.6 Å². The SMILES string of the molecule is CC(C)(C)[P@](=O)(c1ccccc1)C(O)c1cccs1. The highest BCUT2D eigenvalue weighted by Crippen LogP contribution is 2.66. The summed E-state index contributed by atoms with van der Waals surface area (Å²) >= 11 is 1.45. The van der Waals surface area contributed by atoms with Crippen LogP contribution in [0.3, 0.4) is 0 Å². The molecule has 2 rings (SSSR count). The molecule has 0 saturated carbocycles. The van der Waals surface area contributed by atoms with Gasteiger partial charge in [-0.05, 0) is 11.4 Å². The van der Waals surface area contributed by atoms with Gasteiger partial charge in [0.1, 0.15) is 5.85 Å². The van der Waals surface area contributed by atoms with E-state index in [4.69, 9.17) is 0 Å². The van der Waals surface area contributed by atoms with E-state index >= 15 is 0 Å². The zero-order chi connectivity index (χ0) is 14.1. The monoisotopic (exact) mass is 294 g/mol. The first-order chi connectivity index (χ1) is 8.87. The minimum Gasteiger partial charge on any atom is -0.379 e. The third-order valence-corrected chi connectivity index (χ3v) is 8.40. The van der Waals surface area contributed by atoms with E-state index in [9.17, 15) is 9.67 Å². The maximum Gasteiger partial charge on any atom is 0.152 e. The van der Waals surface area contributed by atoms with Gasteiger partial charge >= 0.3 is 0 Å². The van der Waals surface area contributed by atoms with E-state index in [0.717, 1.165) is 10.2 Å². The second kappa shape index (κ2) is 5.24. The summed E-state index contributed by atoms with van der Waals surface area (Å²) in [6.07, 6.45) is 0. The van der Waals surface area contributed by atoms with Crippen LogP contribution < -0.4 is 5.30 Å². The minimum atomic E-state index is -2.97. The lowest BCUT2D eigenvalue weighted by atomic mass is 10.3. The molecule has 0 aliphatic rings. The summed E-state index contributed by atoms with van der Waals surface area (Å²) in [6, 6.07) is 13.1. The van der Waals surface area contributed by atoms with Crippen molar-refractivity contribution in [2.24, 2.45) is 0 Å². The molecule has 0 aliphatic carbocycles. The number of benzene rings is 1. The molecule has 2 aromatic rings. The summed E-state index contributed by atoms with van der Waals surface area (Å²) in [5.74, 6) is -0.935. The predicted octanol–water partition coefficient (Wildman–Crippen LogP) is 4.23. The van der Waals surface area contributed by atoms with Crippen molar-refractivity contribution in [3.63, 3.8) is 0 Å². The van der Waals surface area contributed by atoms with Crippen LogP contribution in [0.5, 0.6) is 0 Å². The minimum absolute atomic E-state index is 0.488. The van der Waals surface area contributed by atoms with Gasteiger partial charge in [0.25, 0.3) is 0 Å². The molecule has 2 nitrogen and oxygen atoms in total. The molecular weight excluding hydrogens is 275 g/mol. The van der Waals surface area contributed by atoms with Gasteiger partial charge in [-0.15, -0.1) is 11.3 Å². The van der Waals surface area contributed by atoms with Crippen molar-refractivity contribution < 1.29 is 9.67 Å². The molecule has 0 bridgehead atoms. The first-order valence-electron chi connectivity index (χ1n) is 6.24. The van der Waals surface area contributed by atoms with Crippen molar-refractivity contribution in [3.05, 3.63) is 52.7 Å². The molecule has 0 amide bonds. The Kier molecular flexibility index (Phi) is 4.00. The van der Waals surface area contributed by atoms with Gasteiger partial charge in [0.15, 0.2) is 7.14 Å². The molecule has 1 heterocycles. The molecule has 19 heavy (non-hydrogen) atoms. The second-order valence-electron chi connectivity index (χ2n) is 5.55. The van der Waals surface area contributed by atoms with Crippen LogP contribution in [0.1, 0.15) is 31.5 Å². The van der Waals surface area contributed by atoms with Crippen LogP contribution in [-0.2, 0) is 4.57 Å². The molecular formula is C15H19O2PS. The molecule has 4 heteroatoms. The zero-order valence-corrected chi connectivity index (χ0v) is 13.1. The lowest BCUT2D eigenvalue weighted by molar-refractivity contribution is 0.254. The summed E-state index contributed by atoms with van der Waals surface area (Å²) < 4.78 is 13.6. The highest BCUT2D eigenvalue weighted by molar-refractivity contribution is 7.73. The Hall–Kier alpha value is -0.890. The number of thiophene rings is 1. The van der Waals surface area contributed by atoms with Crippen LogP contribution >= 0.6 is 18.5 Å². The summed E-state index contributed by atoms with van der Waals surface area (Å²) in [5.41, 5.74) is 0. The fourth-order valence-corrected chi connectivity index (χ4v) is 6.23.